The van der Waals surface area contributed by atoms with Crippen molar-refractivity contribution >= 4 is 84.1 Å². The van der Waals surface area contributed by atoms with Gasteiger partial charge in [-0.2, -0.15) is 0 Å². The van der Waals surface area contributed by atoms with Crippen LogP contribution in [0.4, 0.5) is 5.69 Å². The number of ether oxygens (including phenoxy) is 2. The van der Waals surface area contributed by atoms with Crippen LogP contribution < -0.4 is 24.5 Å². The van der Waals surface area contributed by atoms with Gasteiger partial charge in [0.1, 0.15) is 12.4 Å². The van der Waals surface area contributed by atoms with E-state index in [0.717, 1.165) is 22.4 Å². The van der Waals surface area contributed by atoms with Crippen LogP contribution in [0.1, 0.15) is 36.6 Å². The first-order valence-electron chi connectivity index (χ1n) is 13.5. The second-order valence-electron chi connectivity index (χ2n) is 10.1. The number of thiazole rings is 1. The lowest BCUT2D eigenvalue weighted by molar-refractivity contribution is -0.139. The molecule has 0 saturated carbocycles. The quantitative estimate of drug-likeness (QED) is 0.176. The molecule has 2 heterocycles. The molecule has 0 radical (unpaired) electrons. The molecule has 44 heavy (non-hydrogen) atoms. The van der Waals surface area contributed by atoms with E-state index in [4.69, 9.17) is 32.7 Å². The molecule has 12 heteroatoms. The number of hydrogen-bond donors (Lipinski definition) is 0. The molecule has 1 aliphatic heterocycles. The molecule has 0 unspecified atom stereocenters. The molecule has 0 N–H and O–H groups in total. The first-order valence-corrected chi connectivity index (χ1v) is 16.7. The van der Waals surface area contributed by atoms with Crippen molar-refractivity contribution in [2.45, 2.75) is 26.5 Å². The number of anilines is 1. The number of aromatic nitrogens is 1. The van der Waals surface area contributed by atoms with Crippen LogP contribution in [0.5, 0.6) is 5.75 Å². The first kappa shape index (κ1) is 32.5. The number of fused-ring (bicyclic) bond motifs is 1. The fourth-order valence-corrected chi connectivity index (χ4v) is 7.76. The highest BCUT2D eigenvalue weighted by molar-refractivity contribution is 9.11. The highest BCUT2D eigenvalue weighted by atomic mass is 79.9. The van der Waals surface area contributed by atoms with Crippen molar-refractivity contribution in [2.24, 2.45) is 4.99 Å². The molecule has 4 aromatic rings. The molecular weight excluding hydrogens is 753 g/mol. The highest BCUT2D eigenvalue weighted by Gasteiger charge is 2.33. The lowest BCUT2D eigenvalue weighted by Crippen LogP contribution is -2.39. The molecule has 0 aliphatic carbocycles. The molecule has 0 bridgehead atoms. The molecule has 228 valence electrons. The Bertz CT molecular complexity index is 1950. The number of benzene rings is 3. The van der Waals surface area contributed by atoms with Gasteiger partial charge >= 0.3 is 5.97 Å². The molecule has 3 aromatic carbocycles. The smallest absolute Gasteiger partial charge is 0.338 e. The zero-order valence-electron chi connectivity index (χ0n) is 24.2. The number of carbonyl (C=O) groups is 1. The molecule has 1 atom stereocenters. The predicted octanol–water partition coefficient (Wildman–Crippen LogP) is 7.28. The standard InChI is InChI=1S/C32H27Br2Cl2N3O4S/c1-5-42-31(41)27-17(2)37-32-39(28(27)19-7-10-22(11-8-19)38(3)4)30(40)26(44-32)14-18-12-23(33)29(24(34)13-18)43-16-20-6-9-21(35)15-25(20)36/h6-15,28H,5,16H2,1-4H3/b26-14-/t28-/m0/s1. The van der Waals surface area contributed by atoms with E-state index < -0.39 is 12.0 Å². The van der Waals surface area contributed by atoms with Gasteiger partial charge in [-0.15, -0.1) is 0 Å². The lowest BCUT2D eigenvalue weighted by atomic mass is 9.95. The van der Waals surface area contributed by atoms with Crippen molar-refractivity contribution in [3.8, 4) is 5.75 Å². The molecule has 1 aliphatic rings. The number of allylic oxidation sites excluding steroid dienone is 1. The summed E-state index contributed by atoms with van der Waals surface area (Å²) < 4.78 is 14.9. The number of nitrogens with zero attached hydrogens (tertiary/aromatic N) is 3. The number of carbonyl (C=O) groups excluding carboxylic acids is 1. The van der Waals surface area contributed by atoms with Crippen molar-refractivity contribution in [3.05, 3.63) is 121 Å². The second-order valence-corrected chi connectivity index (χ2v) is 13.7. The van der Waals surface area contributed by atoms with Crippen LogP contribution in [-0.4, -0.2) is 31.2 Å². The maximum absolute atomic E-state index is 14.0. The largest absolute Gasteiger partial charge is 0.486 e. The Morgan fingerprint density at radius 3 is 2.39 bits per heavy atom. The van der Waals surface area contributed by atoms with Gasteiger partial charge in [-0.05, 0) is 99.3 Å². The molecule has 5 rings (SSSR count). The van der Waals surface area contributed by atoms with E-state index >= 15 is 0 Å². The third-order valence-corrected chi connectivity index (χ3v) is 9.70. The number of esters is 1. The van der Waals surface area contributed by atoms with E-state index in [9.17, 15) is 9.59 Å². The van der Waals surface area contributed by atoms with Gasteiger partial charge in [0.2, 0.25) is 0 Å². The summed E-state index contributed by atoms with van der Waals surface area (Å²) in [7, 11) is 3.91. The summed E-state index contributed by atoms with van der Waals surface area (Å²) >= 11 is 20.8. The Hall–Kier alpha value is -2.89. The van der Waals surface area contributed by atoms with Gasteiger partial charge in [-0.25, -0.2) is 9.79 Å². The minimum Gasteiger partial charge on any atom is -0.486 e. The Morgan fingerprint density at radius 2 is 1.77 bits per heavy atom. The van der Waals surface area contributed by atoms with Crippen LogP contribution in [0.25, 0.3) is 6.08 Å². The predicted molar refractivity (Wildman–Crippen MR) is 184 cm³/mol. The van der Waals surface area contributed by atoms with Crippen molar-refractivity contribution in [1.29, 1.82) is 0 Å². The molecule has 0 saturated heterocycles. The topological polar surface area (TPSA) is 73.1 Å². The number of hydrogen-bond acceptors (Lipinski definition) is 7. The number of halogens is 4. The minimum atomic E-state index is -0.683. The SMILES string of the molecule is CCOC(=O)C1=C(C)N=c2s/c(=C\c3cc(Br)c(OCc4ccc(Cl)cc4Cl)c(Br)c3)c(=O)n2[C@H]1c1ccc(N(C)C)cc1. The van der Waals surface area contributed by atoms with Crippen LogP contribution in [-0.2, 0) is 16.1 Å². The van der Waals surface area contributed by atoms with Crippen LogP contribution in [0.2, 0.25) is 10.0 Å². The minimum absolute atomic E-state index is 0.211. The summed E-state index contributed by atoms with van der Waals surface area (Å²) in [4.78, 5) is 34.3. The van der Waals surface area contributed by atoms with E-state index in [1.165, 1.54) is 11.3 Å². The Morgan fingerprint density at radius 1 is 1.09 bits per heavy atom. The maximum Gasteiger partial charge on any atom is 0.338 e. The van der Waals surface area contributed by atoms with Crippen molar-refractivity contribution in [2.75, 3.05) is 25.6 Å². The average Bonchev–Trinajstić information content (AvgIpc) is 3.26. The summed E-state index contributed by atoms with van der Waals surface area (Å²) in [5, 5.41) is 1.07. The fourth-order valence-electron chi connectivity index (χ4n) is 4.80. The van der Waals surface area contributed by atoms with E-state index in [-0.39, 0.29) is 18.8 Å². The van der Waals surface area contributed by atoms with Crippen molar-refractivity contribution in [1.82, 2.24) is 4.57 Å². The van der Waals surface area contributed by atoms with E-state index in [1.54, 1.807) is 36.6 Å². The number of rotatable bonds is 8. The summed E-state index contributed by atoms with van der Waals surface area (Å²) in [5.41, 5.74) is 3.95. The lowest BCUT2D eigenvalue weighted by Gasteiger charge is -2.25. The van der Waals surface area contributed by atoms with E-state index in [2.05, 4.69) is 36.9 Å². The summed E-state index contributed by atoms with van der Waals surface area (Å²) in [6.07, 6.45) is 1.80. The molecular formula is C32H27Br2Cl2N3O4S. The molecule has 0 amide bonds. The normalized spacial score (nSPS) is 14.7. The zero-order chi connectivity index (χ0) is 31.7. The molecule has 0 spiro atoms. The van der Waals surface area contributed by atoms with Gasteiger partial charge in [0.05, 0.1) is 37.4 Å². The Labute approximate surface area is 285 Å². The Balaban J connectivity index is 1.55. The highest BCUT2D eigenvalue weighted by Crippen LogP contribution is 2.36. The van der Waals surface area contributed by atoms with Gasteiger partial charge in [0.15, 0.2) is 4.80 Å². The molecule has 7 nitrogen and oxygen atoms in total. The monoisotopic (exact) mass is 777 g/mol. The van der Waals surface area contributed by atoms with Gasteiger partial charge in [-0.3, -0.25) is 9.36 Å². The van der Waals surface area contributed by atoms with Crippen LogP contribution in [0, 0.1) is 0 Å². The van der Waals surface area contributed by atoms with E-state index in [0.29, 0.717) is 45.3 Å². The fraction of sp³-hybridized carbons (Fsp3) is 0.219. The second kappa shape index (κ2) is 13.6. The van der Waals surface area contributed by atoms with Crippen LogP contribution >= 0.6 is 66.4 Å². The first-order chi connectivity index (χ1) is 21.0. The average molecular weight is 780 g/mol. The molecule has 0 fully saturated rings. The van der Waals surface area contributed by atoms with Gasteiger partial charge in [-0.1, -0.05) is 52.7 Å². The maximum atomic E-state index is 14.0. The summed E-state index contributed by atoms with van der Waals surface area (Å²) in [6.45, 7) is 3.98. The van der Waals surface area contributed by atoms with Gasteiger partial charge in [0.25, 0.3) is 5.56 Å². The summed E-state index contributed by atoms with van der Waals surface area (Å²) in [5.74, 6) is 0.0959. The van der Waals surface area contributed by atoms with Crippen LogP contribution in [0.3, 0.4) is 0 Å². The van der Waals surface area contributed by atoms with Gasteiger partial charge in [0, 0.05) is 35.4 Å². The van der Waals surface area contributed by atoms with Crippen LogP contribution in [0.15, 0.2) is 84.6 Å². The third-order valence-electron chi connectivity index (χ3n) is 6.95. The Kier molecular flexibility index (Phi) is 10.1. The molecule has 1 aromatic heterocycles. The van der Waals surface area contributed by atoms with Gasteiger partial charge < -0.3 is 14.4 Å². The van der Waals surface area contributed by atoms with Crippen molar-refractivity contribution in [3.63, 3.8) is 0 Å². The van der Waals surface area contributed by atoms with E-state index in [1.807, 2.05) is 61.5 Å². The zero-order valence-corrected chi connectivity index (χ0v) is 29.7. The van der Waals surface area contributed by atoms with Crippen molar-refractivity contribution < 1.29 is 14.3 Å². The summed E-state index contributed by atoms with van der Waals surface area (Å²) in [6, 6.07) is 16.1. The third kappa shape index (κ3) is 6.70.